The standard InChI is InChI=1S/C14H12N4O2/c1-2-20-14(19)10(8-15)9-18-12-5-3-4-11-13(12)17-7-6-16-11/h3-7,9,18H,2H2,1H3/b10-9+. The molecule has 0 aliphatic rings. The van der Waals surface area contributed by atoms with Gasteiger partial charge in [0, 0.05) is 18.6 Å². The third kappa shape index (κ3) is 2.90. The van der Waals surface area contributed by atoms with Gasteiger partial charge in [0.1, 0.15) is 11.6 Å². The van der Waals surface area contributed by atoms with E-state index in [4.69, 9.17) is 10.00 Å². The summed E-state index contributed by atoms with van der Waals surface area (Å²) in [5, 5.41) is 11.8. The van der Waals surface area contributed by atoms with Crippen molar-refractivity contribution in [3.8, 4) is 6.07 Å². The Morgan fingerprint density at radius 2 is 2.25 bits per heavy atom. The largest absolute Gasteiger partial charge is 0.462 e. The molecule has 0 unspecified atom stereocenters. The summed E-state index contributed by atoms with van der Waals surface area (Å²) in [6.07, 6.45) is 4.48. The fourth-order valence-corrected chi connectivity index (χ4v) is 1.60. The van der Waals surface area contributed by atoms with E-state index >= 15 is 0 Å². The molecule has 0 radical (unpaired) electrons. The van der Waals surface area contributed by atoms with Crippen LogP contribution in [-0.2, 0) is 9.53 Å². The molecular formula is C14H12N4O2. The van der Waals surface area contributed by atoms with E-state index in [1.807, 2.05) is 12.1 Å². The average Bonchev–Trinajstić information content (AvgIpc) is 2.48. The maximum atomic E-state index is 11.5. The second-order valence-corrected chi connectivity index (χ2v) is 3.76. The number of carbonyl (C=O) groups is 1. The lowest BCUT2D eigenvalue weighted by molar-refractivity contribution is -0.138. The van der Waals surface area contributed by atoms with Gasteiger partial charge in [0.15, 0.2) is 5.57 Å². The molecule has 0 aliphatic carbocycles. The predicted molar refractivity (Wildman–Crippen MR) is 73.5 cm³/mol. The summed E-state index contributed by atoms with van der Waals surface area (Å²) in [6.45, 7) is 1.90. The van der Waals surface area contributed by atoms with E-state index in [1.165, 1.54) is 6.20 Å². The Morgan fingerprint density at radius 1 is 1.45 bits per heavy atom. The van der Waals surface area contributed by atoms with Gasteiger partial charge >= 0.3 is 5.97 Å². The Hall–Kier alpha value is -2.94. The molecule has 1 N–H and O–H groups in total. The normalized spacial score (nSPS) is 10.9. The minimum atomic E-state index is -0.658. The molecule has 6 nitrogen and oxygen atoms in total. The fraction of sp³-hybridized carbons (Fsp3) is 0.143. The molecule has 0 saturated carbocycles. The van der Waals surface area contributed by atoms with E-state index < -0.39 is 5.97 Å². The van der Waals surface area contributed by atoms with Crippen LogP contribution >= 0.6 is 0 Å². The SMILES string of the molecule is CCOC(=O)/C(C#N)=C/Nc1cccc2nccnc12. The number of hydrogen-bond acceptors (Lipinski definition) is 6. The minimum Gasteiger partial charge on any atom is -0.462 e. The summed E-state index contributed by atoms with van der Waals surface area (Å²) in [6, 6.07) is 7.21. The van der Waals surface area contributed by atoms with E-state index in [0.29, 0.717) is 11.2 Å². The Kier molecular flexibility index (Phi) is 4.24. The maximum absolute atomic E-state index is 11.5. The van der Waals surface area contributed by atoms with E-state index in [1.54, 1.807) is 31.5 Å². The smallest absolute Gasteiger partial charge is 0.350 e. The zero-order chi connectivity index (χ0) is 14.4. The molecule has 20 heavy (non-hydrogen) atoms. The lowest BCUT2D eigenvalue weighted by Crippen LogP contribution is -2.08. The number of hydrogen-bond donors (Lipinski definition) is 1. The molecule has 0 amide bonds. The van der Waals surface area contributed by atoms with Crippen molar-refractivity contribution in [1.29, 1.82) is 5.26 Å². The van der Waals surface area contributed by atoms with E-state index in [2.05, 4.69) is 15.3 Å². The van der Waals surface area contributed by atoms with Crippen molar-refractivity contribution in [3.63, 3.8) is 0 Å². The minimum absolute atomic E-state index is 0.104. The van der Waals surface area contributed by atoms with Crippen LogP contribution in [0.15, 0.2) is 42.4 Å². The molecule has 2 rings (SSSR count). The Morgan fingerprint density at radius 3 is 3.00 bits per heavy atom. The van der Waals surface area contributed by atoms with Gasteiger partial charge in [-0.25, -0.2) is 4.79 Å². The first-order valence-electron chi connectivity index (χ1n) is 6.00. The lowest BCUT2D eigenvalue weighted by Gasteiger charge is -2.05. The van der Waals surface area contributed by atoms with Gasteiger partial charge in [-0.3, -0.25) is 9.97 Å². The number of anilines is 1. The van der Waals surface area contributed by atoms with Gasteiger partial charge in [0.25, 0.3) is 0 Å². The van der Waals surface area contributed by atoms with Gasteiger partial charge < -0.3 is 10.1 Å². The van der Waals surface area contributed by atoms with Crippen LogP contribution in [0.3, 0.4) is 0 Å². The molecule has 0 spiro atoms. The van der Waals surface area contributed by atoms with Crippen molar-refractivity contribution >= 4 is 22.7 Å². The van der Waals surface area contributed by atoms with Crippen LogP contribution in [0.4, 0.5) is 5.69 Å². The van der Waals surface area contributed by atoms with Crippen LogP contribution in [0.5, 0.6) is 0 Å². The lowest BCUT2D eigenvalue weighted by atomic mass is 10.2. The zero-order valence-corrected chi connectivity index (χ0v) is 10.8. The molecule has 0 atom stereocenters. The van der Waals surface area contributed by atoms with Gasteiger partial charge in [-0.05, 0) is 19.1 Å². The molecule has 1 heterocycles. The first-order chi connectivity index (χ1) is 9.76. The first kappa shape index (κ1) is 13.5. The molecule has 0 bridgehead atoms. The Labute approximate surface area is 115 Å². The summed E-state index contributed by atoms with van der Waals surface area (Å²) < 4.78 is 4.77. The van der Waals surface area contributed by atoms with Gasteiger partial charge in [0.05, 0.1) is 17.8 Å². The summed E-state index contributed by atoms with van der Waals surface area (Å²) in [4.78, 5) is 19.9. The summed E-state index contributed by atoms with van der Waals surface area (Å²) in [7, 11) is 0. The molecule has 1 aromatic carbocycles. The molecule has 0 fully saturated rings. The van der Waals surface area contributed by atoms with Gasteiger partial charge in [-0.15, -0.1) is 0 Å². The Balaban J connectivity index is 2.28. The fourth-order valence-electron chi connectivity index (χ4n) is 1.60. The van der Waals surface area contributed by atoms with Crippen molar-refractivity contribution in [2.75, 3.05) is 11.9 Å². The van der Waals surface area contributed by atoms with Crippen molar-refractivity contribution < 1.29 is 9.53 Å². The maximum Gasteiger partial charge on any atom is 0.350 e. The van der Waals surface area contributed by atoms with Crippen molar-refractivity contribution in [3.05, 3.63) is 42.4 Å². The number of esters is 1. The Bertz CT molecular complexity index is 698. The first-order valence-corrected chi connectivity index (χ1v) is 6.00. The molecule has 2 aromatic rings. The molecule has 0 aliphatic heterocycles. The van der Waals surface area contributed by atoms with E-state index in [0.717, 1.165) is 5.52 Å². The average molecular weight is 268 g/mol. The number of carbonyl (C=O) groups excluding carboxylic acids is 1. The number of nitriles is 1. The summed E-state index contributed by atoms with van der Waals surface area (Å²) in [5.41, 5.74) is 1.94. The number of aromatic nitrogens is 2. The van der Waals surface area contributed by atoms with Crippen LogP contribution < -0.4 is 5.32 Å². The summed E-state index contributed by atoms with van der Waals surface area (Å²) >= 11 is 0. The number of rotatable bonds is 4. The molecule has 6 heteroatoms. The third-order valence-electron chi connectivity index (χ3n) is 2.49. The van der Waals surface area contributed by atoms with E-state index in [9.17, 15) is 4.79 Å². The van der Waals surface area contributed by atoms with Crippen LogP contribution in [0.1, 0.15) is 6.92 Å². The number of nitrogens with one attached hydrogen (secondary N) is 1. The topological polar surface area (TPSA) is 87.9 Å². The summed E-state index contributed by atoms with van der Waals surface area (Å²) in [5.74, 6) is -0.658. The predicted octanol–water partition coefficient (Wildman–Crippen LogP) is 2.01. The molecule has 0 saturated heterocycles. The highest BCUT2D eigenvalue weighted by molar-refractivity contribution is 5.94. The number of fused-ring (bicyclic) bond motifs is 1. The monoisotopic (exact) mass is 268 g/mol. The highest BCUT2D eigenvalue weighted by atomic mass is 16.5. The van der Waals surface area contributed by atoms with Crippen LogP contribution in [0.2, 0.25) is 0 Å². The highest BCUT2D eigenvalue weighted by Gasteiger charge is 2.09. The van der Waals surface area contributed by atoms with Crippen molar-refractivity contribution in [2.45, 2.75) is 6.92 Å². The molecular weight excluding hydrogens is 256 g/mol. The van der Waals surface area contributed by atoms with Gasteiger partial charge in [0.2, 0.25) is 0 Å². The second-order valence-electron chi connectivity index (χ2n) is 3.76. The van der Waals surface area contributed by atoms with Gasteiger partial charge in [-0.2, -0.15) is 5.26 Å². The number of benzene rings is 1. The van der Waals surface area contributed by atoms with Crippen molar-refractivity contribution in [2.24, 2.45) is 0 Å². The third-order valence-corrected chi connectivity index (χ3v) is 2.49. The second kappa shape index (κ2) is 6.29. The molecule has 100 valence electrons. The molecule has 1 aromatic heterocycles. The van der Waals surface area contributed by atoms with E-state index in [-0.39, 0.29) is 12.2 Å². The number of ether oxygens (including phenoxy) is 1. The van der Waals surface area contributed by atoms with Gasteiger partial charge in [-0.1, -0.05) is 6.07 Å². The number of para-hydroxylation sites is 1. The van der Waals surface area contributed by atoms with Crippen LogP contribution in [0.25, 0.3) is 11.0 Å². The van der Waals surface area contributed by atoms with Crippen LogP contribution in [-0.4, -0.2) is 22.5 Å². The quantitative estimate of drug-likeness (QED) is 0.518. The van der Waals surface area contributed by atoms with Crippen LogP contribution in [0, 0.1) is 11.3 Å². The highest BCUT2D eigenvalue weighted by Crippen LogP contribution is 2.19. The zero-order valence-electron chi connectivity index (χ0n) is 10.8. The van der Waals surface area contributed by atoms with Crippen molar-refractivity contribution in [1.82, 2.24) is 9.97 Å². The number of nitrogens with zero attached hydrogens (tertiary/aromatic N) is 3.